The van der Waals surface area contributed by atoms with Gasteiger partial charge in [0.25, 0.3) is 0 Å². The Morgan fingerprint density at radius 2 is 2.04 bits per heavy atom. The van der Waals surface area contributed by atoms with Crippen LogP contribution in [0.25, 0.3) is 0 Å². The van der Waals surface area contributed by atoms with Gasteiger partial charge < -0.3 is 10.2 Å². The molecule has 1 aliphatic heterocycles. The van der Waals surface area contributed by atoms with Gasteiger partial charge in [-0.15, -0.1) is 0 Å². The molecular formula is C15H16F2N4O2S. The Morgan fingerprint density at radius 3 is 2.71 bits per heavy atom. The number of halogens is 2. The van der Waals surface area contributed by atoms with Crippen molar-refractivity contribution in [2.24, 2.45) is 0 Å². The second kappa shape index (κ2) is 6.31. The molecule has 2 heterocycles. The van der Waals surface area contributed by atoms with Crippen molar-refractivity contribution >= 4 is 27.2 Å². The summed E-state index contributed by atoms with van der Waals surface area (Å²) in [6, 6.07) is 4.64. The van der Waals surface area contributed by atoms with Gasteiger partial charge in [0.1, 0.15) is 29.6 Å². The summed E-state index contributed by atoms with van der Waals surface area (Å²) < 4.78 is 49.9. The van der Waals surface area contributed by atoms with Gasteiger partial charge in [-0.05, 0) is 18.6 Å². The lowest BCUT2D eigenvalue weighted by Crippen LogP contribution is -2.33. The minimum Gasteiger partial charge on any atom is -0.355 e. The van der Waals surface area contributed by atoms with Gasteiger partial charge in [-0.2, -0.15) is 0 Å². The molecule has 1 aromatic heterocycles. The van der Waals surface area contributed by atoms with Crippen LogP contribution in [0.4, 0.5) is 26.1 Å². The van der Waals surface area contributed by atoms with E-state index in [-0.39, 0.29) is 23.2 Å². The first kappa shape index (κ1) is 16.6. The van der Waals surface area contributed by atoms with Crippen LogP contribution in [0.2, 0.25) is 0 Å². The first-order valence-electron chi connectivity index (χ1n) is 7.31. The number of anilines is 3. The highest BCUT2D eigenvalue weighted by molar-refractivity contribution is 7.91. The summed E-state index contributed by atoms with van der Waals surface area (Å²) in [5.74, 6) is -0.286. The first-order chi connectivity index (χ1) is 11.3. The molecule has 1 N–H and O–H groups in total. The van der Waals surface area contributed by atoms with Crippen LogP contribution < -0.4 is 10.2 Å². The molecule has 0 amide bonds. The first-order valence-corrected chi connectivity index (χ1v) is 9.13. The summed E-state index contributed by atoms with van der Waals surface area (Å²) >= 11 is 0. The molecule has 1 fully saturated rings. The van der Waals surface area contributed by atoms with Gasteiger partial charge in [0.05, 0.1) is 17.2 Å². The Bertz CT molecular complexity index is 860. The minimum absolute atomic E-state index is 0.0862. The van der Waals surface area contributed by atoms with E-state index in [0.717, 1.165) is 12.1 Å². The fraction of sp³-hybridized carbons (Fsp3) is 0.333. The van der Waals surface area contributed by atoms with E-state index >= 15 is 0 Å². The third-order valence-electron chi connectivity index (χ3n) is 3.96. The molecule has 1 saturated heterocycles. The van der Waals surface area contributed by atoms with Crippen LogP contribution in [-0.2, 0) is 9.84 Å². The van der Waals surface area contributed by atoms with Crippen molar-refractivity contribution in [2.45, 2.75) is 12.5 Å². The van der Waals surface area contributed by atoms with Crippen LogP contribution in [0.3, 0.4) is 0 Å². The Hall–Kier alpha value is -2.29. The highest BCUT2D eigenvalue weighted by Crippen LogP contribution is 2.24. The highest BCUT2D eigenvalue weighted by Gasteiger charge is 2.31. The standard InChI is InChI=1S/C15H16F2N4O2S/c1-21(11-4-5-24(22,23)8-11)15-7-14(18-9-19-15)20-13-3-2-10(16)6-12(13)17/h2-3,6-7,9,11H,4-5,8H2,1H3,(H,18,19,20). The fourth-order valence-corrected chi connectivity index (χ4v) is 4.38. The lowest BCUT2D eigenvalue weighted by atomic mass is 10.2. The summed E-state index contributed by atoms with van der Waals surface area (Å²) in [6.07, 6.45) is 1.84. The zero-order valence-corrected chi connectivity index (χ0v) is 13.7. The van der Waals surface area contributed by atoms with E-state index in [2.05, 4.69) is 15.3 Å². The predicted molar refractivity (Wildman–Crippen MR) is 87.1 cm³/mol. The van der Waals surface area contributed by atoms with E-state index in [1.807, 2.05) is 0 Å². The summed E-state index contributed by atoms with van der Waals surface area (Å²) in [5, 5.41) is 2.76. The van der Waals surface area contributed by atoms with Gasteiger partial charge >= 0.3 is 0 Å². The smallest absolute Gasteiger partial charge is 0.152 e. The number of aromatic nitrogens is 2. The van der Waals surface area contributed by atoms with Gasteiger partial charge in [0.15, 0.2) is 9.84 Å². The molecule has 128 valence electrons. The third-order valence-corrected chi connectivity index (χ3v) is 5.71. The SMILES string of the molecule is CN(c1cc(Nc2ccc(F)cc2F)ncn1)C1CCS(=O)(=O)C1. The number of hydrogen-bond acceptors (Lipinski definition) is 6. The van der Waals surface area contributed by atoms with Crippen LogP contribution in [-0.4, -0.2) is 43.0 Å². The molecule has 3 rings (SSSR count). The average molecular weight is 354 g/mol. The molecule has 0 spiro atoms. The van der Waals surface area contributed by atoms with Crippen molar-refractivity contribution in [1.82, 2.24) is 9.97 Å². The van der Waals surface area contributed by atoms with Crippen molar-refractivity contribution < 1.29 is 17.2 Å². The topological polar surface area (TPSA) is 75.2 Å². The Kier molecular flexibility index (Phi) is 4.35. The average Bonchev–Trinajstić information content (AvgIpc) is 2.90. The molecule has 0 radical (unpaired) electrons. The zero-order valence-electron chi connectivity index (χ0n) is 12.9. The lowest BCUT2D eigenvalue weighted by Gasteiger charge is -2.24. The summed E-state index contributed by atoms with van der Waals surface area (Å²) in [5.41, 5.74) is 0.0900. The van der Waals surface area contributed by atoms with E-state index in [1.165, 1.54) is 12.4 Å². The normalized spacial score (nSPS) is 19.2. The minimum atomic E-state index is -3.00. The van der Waals surface area contributed by atoms with E-state index in [4.69, 9.17) is 0 Å². The molecule has 1 aromatic carbocycles. The van der Waals surface area contributed by atoms with E-state index < -0.39 is 21.5 Å². The number of nitrogens with zero attached hydrogens (tertiary/aromatic N) is 3. The summed E-state index contributed by atoms with van der Waals surface area (Å²) in [4.78, 5) is 9.92. The molecule has 1 unspecified atom stereocenters. The Balaban J connectivity index is 1.79. The molecule has 0 bridgehead atoms. The molecule has 0 saturated carbocycles. The molecular weight excluding hydrogens is 338 g/mol. The van der Waals surface area contributed by atoms with Crippen molar-refractivity contribution in [1.29, 1.82) is 0 Å². The van der Waals surface area contributed by atoms with Crippen LogP contribution in [0.15, 0.2) is 30.6 Å². The maximum atomic E-state index is 13.7. The van der Waals surface area contributed by atoms with Crippen LogP contribution in [0.5, 0.6) is 0 Å². The van der Waals surface area contributed by atoms with Gasteiger partial charge in [-0.1, -0.05) is 0 Å². The number of sulfone groups is 1. The second-order valence-corrected chi connectivity index (χ2v) is 7.91. The Morgan fingerprint density at radius 1 is 1.25 bits per heavy atom. The summed E-state index contributed by atoms with van der Waals surface area (Å²) in [7, 11) is -1.24. The van der Waals surface area contributed by atoms with Gasteiger partial charge in [-0.3, -0.25) is 0 Å². The van der Waals surface area contributed by atoms with Crippen molar-refractivity contribution in [3.63, 3.8) is 0 Å². The van der Waals surface area contributed by atoms with E-state index in [9.17, 15) is 17.2 Å². The second-order valence-electron chi connectivity index (χ2n) is 5.68. The van der Waals surface area contributed by atoms with Gasteiger partial charge in [0, 0.05) is 25.2 Å². The molecule has 9 heteroatoms. The van der Waals surface area contributed by atoms with Gasteiger partial charge in [0.2, 0.25) is 0 Å². The van der Waals surface area contributed by atoms with Crippen molar-refractivity contribution in [2.75, 3.05) is 28.8 Å². The lowest BCUT2D eigenvalue weighted by molar-refractivity contribution is 0.586. The predicted octanol–water partition coefficient (Wildman–Crippen LogP) is 2.12. The highest BCUT2D eigenvalue weighted by atomic mass is 32.2. The largest absolute Gasteiger partial charge is 0.355 e. The quantitative estimate of drug-likeness (QED) is 0.907. The Labute approximate surface area is 138 Å². The number of nitrogens with one attached hydrogen (secondary N) is 1. The molecule has 6 nitrogen and oxygen atoms in total. The number of benzene rings is 1. The van der Waals surface area contributed by atoms with E-state index in [1.54, 1.807) is 18.0 Å². The monoisotopic (exact) mass is 354 g/mol. The van der Waals surface area contributed by atoms with Crippen LogP contribution in [0, 0.1) is 11.6 Å². The maximum absolute atomic E-state index is 13.7. The molecule has 0 aliphatic carbocycles. The third kappa shape index (κ3) is 3.61. The molecule has 1 aliphatic rings. The van der Waals surface area contributed by atoms with Crippen LogP contribution in [0.1, 0.15) is 6.42 Å². The maximum Gasteiger partial charge on any atom is 0.152 e. The van der Waals surface area contributed by atoms with Crippen molar-refractivity contribution in [3.05, 3.63) is 42.2 Å². The van der Waals surface area contributed by atoms with Crippen LogP contribution >= 0.6 is 0 Å². The molecule has 1 atom stereocenters. The van der Waals surface area contributed by atoms with E-state index in [0.29, 0.717) is 18.1 Å². The van der Waals surface area contributed by atoms with Crippen molar-refractivity contribution in [3.8, 4) is 0 Å². The molecule has 2 aromatic rings. The van der Waals surface area contributed by atoms with Gasteiger partial charge in [-0.25, -0.2) is 27.2 Å². The fourth-order valence-electron chi connectivity index (χ4n) is 2.61. The zero-order chi connectivity index (χ0) is 17.3. The number of rotatable bonds is 4. The summed E-state index contributed by atoms with van der Waals surface area (Å²) in [6.45, 7) is 0. The number of hydrogen-bond donors (Lipinski definition) is 1. The molecule has 24 heavy (non-hydrogen) atoms.